The SMILES string of the molecule is CCC(=O)OC1(C)CC=CC=C1C. The van der Waals surface area contributed by atoms with Gasteiger partial charge in [0.05, 0.1) is 0 Å². The number of carbonyl (C=O) groups is 1. The van der Waals surface area contributed by atoms with Crippen molar-refractivity contribution in [1.29, 1.82) is 0 Å². The fourth-order valence-electron chi connectivity index (χ4n) is 1.29. The summed E-state index contributed by atoms with van der Waals surface area (Å²) in [6.45, 7) is 5.76. The van der Waals surface area contributed by atoms with Crippen molar-refractivity contribution in [3.05, 3.63) is 23.8 Å². The zero-order valence-electron chi connectivity index (χ0n) is 8.46. The van der Waals surface area contributed by atoms with Crippen LogP contribution in [0.5, 0.6) is 0 Å². The van der Waals surface area contributed by atoms with Gasteiger partial charge in [0.15, 0.2) is 0 Å². The van der Waals surface area contributed by atoms with E-state index in [-0.39, 0.29) is 5.97 Å². The maximum absolute atomic E-state index is 11.2. The predicted molar refractivity (Wildman–Crippen MR) is 52.3 cm³/mol. The molecule has 1 unspecified atom stereocenters. The Morgan fingerprint density at radius 2 is 2.38 bits per heavy atom. The van der Waals surface area contributed by atoms with E-state index in [1.807, 2.05) is 39.0 Å². The number of rotatable bonds is 2. The van der Waals surface area contributed by atoms with Gasteiger partial charge in [-0.05, 0) is 19.4 Å². The summed E-state index contributed by atoms with van der Waals surface area (Å²) in [7, 11) is 0. The average Bonchev–Trinajstić information content (AvgIpc) is 2.10. The van der Waals surface area contributed by atoms with Gasteiger partial charge in [-0.3, -0.25) is 4.79 Å². The Bertz CT molecular complexity index is 263. The zero-order valence-corrected chi connectivity index (χ0v) is 8.46. The molecule has 1 aliphatic carbocycles. The number of ether oxygens (including phenoxy) is 1. The number of allylic oxidation sites excluding steroid dienone is 2. The van der Waals surface area contributed by atoms with Gasteiger partial charge in [0.2, 0.25) is 0 Å². The molecule has 2 nitrogen and oxygen atoms in total. The van der Waals surface area contributed by atoms with Crippen molar-refractivity contribution >= 4 is 5.97 Å². The van der Waals surface area contributed by atoms with Gasteiger partial charge < -0.3 is 4.74 Å². The van der Waals surface area contributed by atoms with E-state index in [0.29, 0.717) is 6.42 Å². The highest BCUT2D eigenvalue weighted by atomic mass is 16.6. The topological polar surface area (TPSA) is 26.3 Å². The third-order valence-corrected chi connectivity index (χ3v) is 2.45. The van der Waals surface area contributed by atoms with Crippen molar-refractivity contribution in [2.24, 2.45) is 0 Å². The number of hydrogen-bond acceptors (Lipinski definition) is 2. The molecule has 0 aromatic heterocycles. The minimum absolute atomic E-state index is 0.134. The van der Waals surface area contributed by atoms with Crippen molar-refractivity contribution in [3.8, 4) is 0 Å². The molecule has 0 amide bonds. The molecule has 0 spiro atoms. The Morgan fingerprint density at radius 3 is 2.92 bits per heavy atom. The van der Waals surface area contributed by atoms with E-state index >= 15 is 0 Å². The summed E-state index contributed by atoms with van der Waals surface area (Å²) >= 11 is 0. The molecule has 0 aliphatic heterocycles. The summed E-state index contributed by atoms with van der Waals surface area (Å²) in [4.78, 5) is 11.2. The molecular weight excluding hydrogens is 164 g/mol. The quantitative estimate of drug-likeness (QED) is 0.610. The first kappa shape index (κ1) is 10.0. The van der Waals surface area contributed by atoms with Crippen LogP contribution < -0.4 is 0 Å². The first-order valence-corrected chi connectivity index (χ1v) is 4.64. The highest BCUT2D eigenvalue weighted by molar-refractivity contribution is 5.70. The second kappa shape index (κ2) is 3.77. The molecule has 0 radical (unpaired) electrons. The summed E-state index contributed by atoms with van der Waals surface area (Å²) in [6, 6.07) is 0. The molecule has 2 heteroatoms. The van der Waals surface area contributed by atoms with Gasteiger partial charge in [-0.1, -0.05) is 25.2 Å². The molecule has 0 aromatic carbocycles. The number of esters is 1. The van der Waals surface area contributed by atoms with Crippen LogP contribution in [0.3, 0.4) is 0 Å². The van der Waals surface area contributed by atoms with Gasteiger partial charge in [0.1, 0.15) is 5.60 Å². The van der Waals surface area contributed by atoms with E-state index in [0.717, 1.165) is 12.0 Å². The highest BCUT2D eigenvalue weighted by Gasteiger charge is 2.30. The number of hydrogen-bond donors (Lipinski definition) is 0. The van der Waals surface area contributed by atoms with Gasteiger partial charge in [-0.15, -0.1) is 0 Å². The fourth-order valence-corrected chi connectivity index (χ4v) is 1.29. The van der Waals surface area contributed by atoms with E-state index in [9.17, 15) is 4.79 Å². The lowest BCUT2D eigenvalue weighted by Crippen LogP contribution is -2.33. The lowest BCUT2D eigenvalue weighted by atomic mass is 9.89. The lowest BCUT2D eigenvalue weighted by molar-refractivity contribution is -0.154. The molecule has 0 bridgehead atoms. The van der Waals surface area contributed by atoms with E-state index in [4.69, 9.17) is 4.74 Å². The maximum Gasteiger partial charge on any atom is 0.306 e. The second-order valence-electron chi connectivity index (χ2n) is 3.54. The number of carbonyl (C=O) groups excluding carboxylic acids is 1. The van der Waals surface area contributed by atoms with Crippen LogP contribution in [0.15, 0.2) is 23.8 Å². The van der Waals surface area contributed by atoms with Crippen LogP contribution in [0.4, 0.5) is 0 Å². The molecule has 0 heterocycles. The lowest BCUT2D eigenvalue weighted by Gasteiger charge is -2.31. The van der Waals surface area contributed by atoms with Crippen LogP contribution in [0.2, 0.25) is 0 Å². The van der Waals surface area contributed by atoms with Crippen molar-refractivity contribution in [3.63, 3.8) is 0 Å². The molecule has 72 valence electrons. The van der Waals surface area contributed by atoms with Gasteiger partial charge in [0, 0.05) is 12.8 Å². The predicted octanol–water partition coefficient (Wildman–Crippen LogP) is 2.60. The molecule has 1 aliphatic rings. The molecule has 13 heavy (non-hydrogen) atoms. The van der Waals surface area contributed by atoms with Crippen LogP contribution in [0, 0.1) is 0 Å². The first-order chi connectivity index (χ1) is 6.08. The molecule has 0 N–H and O–H groups in total. The van der Waals surface area contributed by atoms with Crippen molar-refractivity contribution in [2.45, 2.75) is 39.2 Å². The molecule has 1 rings (SSSR count). The zero-order chi connectivity index (χ0) is 9.90. The highest BCUT2D eigenvalue weighted by Crippen LogP contribution is 2.29. The summed E-state index contributed by atoms with van der Waals surface area (Å²) < 4.78 is 5.38. The molecule has 0 saturated carbocycles. The van der Waals surface area contributed by atoms with E-state index in [2.05, 4.69) is 0 Å². The Morgan fingerprint density at radius 1 is 1.69 bits per heavy atom. The Kier molecular flexibility index (Phi) is 2.91. The summed E-state index contributed by atoms with van der Waals surface area (Å²) in [6.07, 6.45) is 7.23. The maximum atomic E-state index is 11.2. The summed E-state index contributed by atoms with van der Waals surface area (Å²) in [5.41, 5.74) is 0.693. The Labute approximate surface area is 79.3 Å². The minimum atomic E-state index is -0.415. The molecule has 1 atom stereocenters. The third kappa shape index (κ3) is 2.20. The van der Waals surface area contributed by atoms with Crippen LogP contribution in [0.1, 0.15) is 33.6 Å². The van der Waals surface area contributed by atoms with Gasteiger partial charge in [-0.25, -0.2) is 0 Å². The van der Waals surface area contributed by atoms with Gasteiger partial charge >= 0.3 is 5.97 Å². The van der Waals surface area contributed by atoms with Crippen LogP contribution >= 0.6 is 0 Å². The summed E-state index contributed by atoms with van der Waals surface area (Å²) in [5.74, 6) is -0.134. The summed E-state index contributed by atoms with van der Waals surface area (Å²) in [5, 5.41) is 0. The van der Waals surface area contributed by atoms with Crippen LogP contribution in [-0.2, 0) is 9.53 Å². The fraction of sp³-hybridized carbons (Fsp3) is 0.545. The van der Waals surface area contributed by atoms with Crippen molar-refractivity contribution < 1.29 is 9.53 Å². The average molecular weight is 180 g/mol. The second-order valence-corrected chi connectivity index (χ2v) is 3.54. The van der Waals surface area contributed by atoms with E-state index in [1.54, 1.807) is 0 Å². The van der Waals surface area contributed by atoms with E-state index in [1.165, 1.54) is 0 Å². The smallest absolute Gasteiger partial charge is 0.306 e. The normalized spacial score (nSPS) is 26.8. The first-order valence-electron chi connectivity index (χ1n) is 4.64. The molecule has 0 fully saturated rings. The Hall–Kier alpha value is -1.05. The minimum Gasteiger partial charge on any atom is -0.454 e. The Balaban J connectivity index is 2.71. The molecule has 0 saturated heterocycles. The van der Waals surface area contributed by atoms with Gasteiger partial charge in [-0.2, -0.15) is 0 Å². The van der Waals surface area contributed by atoms with Gasteiger partial charge in [0.25, 0.3) is 0 Å². The van der Waals surface area contributed by atoms with Crippen molar-refractivity contribution in [1.82, 2.24) is 0 Å². The van der Waals surface area contributed by atoms with Crippen LogP contribution in [0.25, 0.3) is 0 Å². The standard InChI is InChI=1S/C11H16O2/c1-4-10(12)13-11(3)8-6-5-7-9(11)2/h5-7H,4,8H2,1-3H3. The third-order valence-electron chi connectivity index (χ3n) is 2.45. The largest absolute Gasteiger partial charge is 0.454 e. The van der Waals surface area contributed by atoms with Crippen LogP contribution in [-0.4, -0.2) is 11.6 Å². The monoisotopic (exact) mass is 180 g/mol. The molecular formula is C11H16O2. The van der Waals surface area contributed by atoms with E-state index < -0.39 is 5.60 Å². The van der Waals surface area contributed by atoms with Crippen molar-refractivity contribution in [2.75, 3.05) is 0 Å². The molecule has 0 aromatic rings.